The lowest BCUT2D eigenvalue weighted by atomic mass is 9.96. The van der Waals surface area contributed by atoms with Crippen LogP contribution in [-0.2, 0) is 13.0 Å². The largest absolute Gasteiger partial charge is 0.331 e. The molecule has 3 nitrogen and oxygen atoms in total. The monoisotopic (exact) mass is 270 g/mol. The highest BCUT2D eigenvalue weighted by Gasteiger charge is 2.38. The summed E-state index contributed by atoms with van der Waals surface area (Å²) in [6, 6.07) is 7.67. The fourth-order valence-electron chi connectivity index (χ4n) is 3.56. The minimum absolute atomic E-state index is 0.265. The van der Waals surface area contributed by atoms with Crippen LogP contribution in [0.2, 0.25) is 0 Å². The summed E-state index contributed by atoms with van der Waals surface area (Å²) in [5.41, 5.74) is 3.50. The average molecular weight is 270 g/mol. The Morgan fingerprint density at radius 1 is 1.20 bits per heavy atom. The van der Waals surface area contributed by atoms with Crippen LogP contribution in [-0.4, -0.2) is 29.4 Å². The third-order valence-electron chi connectivity index (χ3n) is 4.89. The van der Waals surface area contributed by atoms with Gasteiger partial charge in [0.15, 0.2) is 0 Å². The standard InChI is InChI=1S/C17H22N2O/c20-17-16-10-12(9-14-3-1-2-8-18-14)4-5-13(16)11-19(17)15-6-7-15/h4-5,10,14-15,18H,1-3,6-9,11H2. The molecule has 0 aromatic heterocycles. The third kappa shape index (κ3) is 2.24. The first kappa shape index (κ1) is 12.4. The molecule has 2 heterocycles. The van der Waals surface area contributed by atoms with Crippen LogP contribution in [0.5, 0.6) is 0 Å². The Morgan fingerprint density at radius 3 is 2.85 bits per heavy atom. The van der Waals surface area contributed by atoms with Gasteiger partial charge < -0.3 is 10.2 Å². The summed E-state index contributed by atoms with van der Waals surface area (Å²) in [6.45, 7) is 1.98. The van der Waals surface area contributed by atoms with E-state index in [2.05, 4.69) is 28.4 Å². The summed E-state index contributed by atoms with van der Waals surface area (Å²) in [6.07, 6.45) is 7.34. The van der Waals surface area contributed by atoms with Crippen LogP contribution in [0.4, 0.5) is 0 Å². The Hall–Kier alpha value is -1.35. The van der Waals surface area contributed by atoms with Crippen molar-refractivity contribution >= 4 is 5.91 Å². The van der Waals surface area contributed by atoms with Crippen molar-refractivity contribution in [3.63, 3.8) is 0 Å². The number of nitrogens with zero attached hydrogens (tertiary/aromatic N) is 1. The Balaban J connectivity index is 1.51. The molecule has 3 aliphatic rings. The molecule has 1 atom stereocenters. The van der Waals surface area contributed by atoms with Gasteiger partial charge in [-0.05, 0) is 55.8 Å². The van der Waals surface area contributed by atoms with E-state index in [0.29, 0.717) is 12.1 Å². The van der Waals surface area contributed by atoms with Gasteiger partial charge in [-0.1, -0.05) is 18.6 Å². The first-order valence-electron chi connectivity index (χ1n) is 7.97. The van der Waals surface area contributed by atoms with Crippen LogP contribution in [0.25, 0.3) is 0 Å². The summed E-state index contributed by atoms with van der Waals surface area (Å²) >= 11 is 0. The SMILES string of the molecule is O=C1c2cc(CC3CCCCN3)ccc2CN1C1CC1. The van der Waals surface area contributed by atoms with Crippen molar-refractivity contribution in [2.45, 2.75) is 57.2 Å². The number of rotatable bonds is 3. The maximum absolute atomic E-state index is 12.4. The average Bonchev–Trinajstić information content (AvgIpc) is 3.26. The summed E-state index contributed by atoms with van der Waals surface area (Å²) in [4.78, 5) is 14.5. The maximum atomic E-state index is 12.4. The van der Waals surface area contributed by atoms with Gasteiger partial charge in [-0.3, -0.25) is 4.79 Å². The maximum Gasteiger partial charge on any atom is 0.254 e. The molecular weight excluding hydrogens is 248 g/mol. The van der Waals surface area contributed by atoms with Gasteiger partial charge in [-0.2, -0.15) is 0 Å². The molecule has 0 spiro atoms. The zero-order valence-corrected chi connectivity index (χ0v) is 11.9. The lowest BCUT2D eigenvalue weighted by molar-refractivity contribution is 0.0766. The Labute approximate surface area is 120 Å². The van der Waals surface area contributed by atoms with Gasteiger partial charge in [0.25, 0.3) is 5.91 Å². The number of carbonyl (C=O) groups excluding carboxylic acids is 1. The molecule has 1 unspecified atom stereocenters. The van der Waals surface area contributed by atoms with Crippen LogP contribution in [0, 0.1) is 0 Å². The van der Waals surface area contributed by atoms with Crippen molar-refractivity contribution < 1.29 is 4.79 Å². The normalized spacial score (nSPS) is 25.9. The number of carbonyl (C=O) groups is 1. The van der Waals surface area contributed by atoms with Crippen molar-refractivity contribution in [2.75, 3.05) is 6.54 Å². The molecule has 1 aromatic carbocycles. The summed E-state index contributed by atoms with van der Waals surface area (Å²) in [5.74, 6) is 0.265. The van der Waals surface area contributed by atoms with E-state index < -0.39 is 0 Å². The van der Waals surface area contributed by atoms with Gasteiger partial charge in [0.1, 0.15) is 0 Å². The summed E-state index contributed by atoms with van der Waals surface area (Å²) in [7, 11) is 0. The fraction of sp³-hybridized carbons (Fsp3) is 0.588. The molecule has 4 rings (SSSR count). The predicted octanol–water partition coefficient (Wildman–Crippen LogP) is 2.49. The highest BCUT2D eigenvalue weighted by molar-refractivity contribution is 5.98. The number of benzene rings is 1. The number of hydrogen-bond donors (Lipinski definition) is 1. The van der Waals surface area contributed by atoms with E-state index >= 15 is 0 Å². The van der Waals surface area contributed by atoms with Crippen LogP contribution >= 0.6 is 0 Å². The van der Waals surface area contributed by atoms with E-state index in [9.17, 15) is 4.79 Å². The van der Waals surface area contributed by atoms with E-state index in [1.165, 1.54) is 43.2 Å². The summed E-state index contributed by atoms with van der Waals surface area (Å²) < 4.78 is 0. The fourth-order valence-corrected chi connectivity index (χ4v) is 3.56. The second kappa shape index (κ2) is 4.88. The first-order chi connectivity index (χ1) is 9.81. The molecular formula is C17H22N2O. The predicted molar refractivity (Wildman–Crippen MR) is 78.7 cm³/mol. The molecule has 1 N–H and O–H groups in total. The van der Waals surface area contributed by atoms with Crippen molar-refractivity contribution in [3.8, 4) is 0 Å². The molecule has 106 valence electrons. The van der Waals surface area contributed by atoms with Crippen LogP contribution in [0.1, 0.15) is 53.6 Å². The molecule has 1 aliphatic carbocycles. The zero-order valence-electron chi connectivity index (χ0n) is 11.9. The Bertz CT molecular complexity index is 530. The number of amides is 1. The molecule has 20 heavy (non-hydrogen) atoms. The second-order valence-electron chi connectivity index (χ2n) is 6.51. The van der Waals surface area contributed by atoms with Crippen molar-refractivity contribution in [1.29, 1.82) is 0 Å². The van der Waals surface area contributed by atoms with Gasteiger partial charge in [0, 0.05) is 24.2 Å². The quantitative estimate of drug-likeness (QED) is 0.915. The van der Waals surface area contributed by atoms with E-state index in [-0.39, 0.29) is 5.91 Å². The van der Waals surface area contributed by atoms with E-state index in [1.807, 2.05) is 0 Å². The molecule has 3 heteroatoms. The molecule has 2 aliphatic heterocycles. The highest BCUT2D eigenvalue weighted by atomic mass is 16.2. The van der Waals surface area contributed by atoms with Gasteiger partial charge in [0.05, 0.1) is 0 Å². The van der Waals surface area contributed by atoms with Crippen LogP contribution < -0.4 is 5.32 Å². The van der Waals surface area contributed by atoms with Crippen molar-refractivity contribution in [1.82, 2.24) is 10.2 Å². The van der Waals surface area contributed by atoms with Crippen LogP contribution in [0.15, 0.2) is 18.2 Å². The van der Waals surface area contributed by atoms with Crippen LogP contribution in [0.3, 0.4) is 0 Å². The van der Waals surface area contributed by atoms with Gasteiger partial charge in [-0.15, -0.1) is 0 Å². The molecule has 2 fully saturated rings. The smallest absolute Gasteiger partial charge is 0.254 e. The number of nitrogens with one attached hydrogen (secondary N) is 1. The first-order valence-corrected chi connectivity index (χ1v) is 7.97. The molecule has 1 amide bonds. The molecule has 0 bridgehead atoms. The highest BCUT2D eigenvalue weighted by Crippen LogP contribution is 2.35. The number of fused-ring (bicyclic) bond motifs is 1. The molecule has 1 aromatic rings. The van der Waals surface area contributed by atoms with Gasteiger partial charge in [0.2, 0.25) is 0 Å². The Kier molecular flexibility index (Phi) is 3.03. The van der Waals surface area contributed by atoms with E-state index in [0.717, 1.165) is 25.1 Å². The third-order valence-corrected chi connectivity index (χ3v) is 4.89. The summed E-state index contributed by atoms with van der Waals surface area (Å²) in [5, 5.41) is 3.59. The molecule has 0 radical (unpaired) electrons. The van der Waals surface area contributed by atoms with E-state index in [4.69, 9.17) is 0 Å². The molecule has 1 saturated heterocycles. The molecule has 1 saturated carbocycles. The number of piperidine rings is 1. The Morgan fingerprint density at radius 2 is 2.10 bits per heavy atom. The van der Waals surface area contributed by atoms with Gasteiger partial charge in [-0.25, -0.2) is 0 Å². The zero-order chi connectivity index (χ0) is 13.5. The second-order valence-corrected chi connectivity index (χ2v) is 6.51. The van der Waals surface area contributed by atoms with Gasteiger partial charge >= 0.3 is 0 Å². The topological polar surface area (TPSA) is 32.3 Å². The van der Waals surface area contributed by atoms with Crippen molar-refractivity contribution in [2.24, 2.45) is 0 Å². The lowest BCUT2D eigenvalue weighted by Crippen LogP contribution is -2.35. The minimum atomic E-state index is 0.265. The minimum Gasteiger partial charge on any atom is -0.331 e. The van der Waals surface area contributed by atoms with Crippen molar-refractivity contribution in [3.05, 3.63) is 34.9 Å². The van der Waals surface area contributed by atoms with E-state index in [1.54, 1.807) is 0 Å². The lowest BCUT2D eigenvalue weighted by Gasteiger charge is -2.23. The number of hydrogen-bond acceptors (Lipinski definition) is 2.